The summed E-state index contributed by atoms with van der Waals surface area (Å²) in [4.78, 5) is 14.6. The minimum absolute atomic E-state index is 0.280. The summed E-state index contributed by atoms with van der Waals surface area (Å²) in [5.74, 6) is 1.59. The van der Waals surface area contributed by atoms with E-state index < -0.39 is 0 Å². The highest BCUT2D eigenvalue weighted by molar-refractivity contribution is 6.32. The summed E-state index contributed by atoms with van der Waals surface area (Å²) in [6.07, 6.45) is 5.46. The zero-order valence-electron chi connectivity index (χ0n) is 13.3. The summed E-state index contributed by atoms with van der Waals surface area (Å²) in [6, 6.07) is 5.77. The molecule has 4 heterocycles. The molecule has 0 saturated carbocycles. The molecule has 1 atom stereocenters. The maximum absolute atomic E-state index is 5.92. The predicted molar refractivity (Wildman–Crippen MR) is 95.1 cm³/mol. The van der Waals surface area contributed by atoms with Crippen LogP contribution in [0.4, 0.5) is 5.82 Å². The fourth-order valence-corrected chi connectivity index (χ4v) is 3.67. The molecule has 1 fully saturated rings. The number of hydrogen-bond acceptors (Lipinski definition) is 6. The molecule has 1 aliphatic heterocycles. The molecule has 0 unspecified atom stereocenters. The van der Waals surface area contributed by atoms with Crippen molar-refractivity contribution in [3.05, 3.63) is 46.6 Å². The van der Waals surface area contributed by atoms with E-state index in [0.717, 1.165) is 30.8 Å². The number of nitrogens with zero attached hydrogens (tertiary/aromatic N) is 6. The van der Waals surface area contributed by atoms with Crippen LogP contribution in [0.3, 0.4) is 0 Å². The van der Waals surface area contributed by atoms with Crippen molar-refractivity contribution in [3.63, 3.8) is 0 Å². The molecule has 130 valence electrons. The van der Waals surface area contributed by atoms with Crippen molar-refractivity contribution in [3.8, 4) is 0 Å². The Labute approximate surface area is 154 Å². The van der Waals surface area contributed by atoms with Gasteiger partial charge in [0, 0.05) is 12.7 Å². The van der Waals surface area contributed by atoms with E-state index in [1.54, 1.807) is 22.8 Å². The van der Waals surface area contributed by atoms with Crippen LogP contribution < -0.4 is 4.90 Å². The van der Waals surface area contributed by atoms with Crippen molar-refractivity contribution in [2.24, 2.45) is 0 Å². The molecular formula is C16H16Cl2N6O. The topological polar surface area (TPSA) is 68.4 Å². The lowest BCUT2D eigenvalue weighted by molar-refractivity contribution is 0.108. The lowest BCUT2D eigenvalue weighted by Crippen LogP contribution is -2.34. The zero-order valence-corrected chi connectivity index (χ0v) is 14.9. The number of halogens is 2. The Morgan fingerprint density at radius 1 is 1.20 bits per heavy atom. The van der Waals surface area contributed by atoms with Crippen molar-refractivity contribution in [1.82, 2.24) is 24.6 Å². The van der Waals surface area contributed by atoms with E-state index >= 15 is 0 Å². The Kier molecular flexibility index (Phi) is 4.70. The highest BCUT2D eigenvalue weighted by Crippen LogP contribution is 2.25. The fourth-order valence-electron chi connectivity index (χ4n) is 3.16. The van der Waals surface area contributed by atoms with E-state index in [1.807, 2.05) is 6.07 Å². The quantitative estimate of drug-likeness (QED) is 0.635. The molecule has 9 heteroatoms. The minimum Gasteiger partial charge on any atom is -0.375 e. The highest BCUT2D eigenvalue weighted by Gasteiger charge is 2.27. The van der Waals surface area contributed by atoms with Gasteiger partial charge in [0.05, 0.1) is 19.3 Å². The lowest BCUT2D eigenvalue weighted by Gasteiger charge is -2.26. The van der Waals surface area contributed by atoms with Gasteiger partial charge < -0.3 is 9.64 Å². The number of ether oxygens (including phenoxy) is 1. The summed E-state index contributed by atoms with van der Waals surface area (Å²) >= 11 is 11.8. The van der Waals surface area contributed by atoms with Crippen LogP contribution in [-0.2, 0) is 11.3 Å². The number of aromatic nitrogens is 5. The highest BCUT2D eigenvalue weighted by atomic mass is 35.5. The number of rotatable bonds is 5. The zero-order chi connectivity index (χ0) is 17.2. The van der Waals surface area contributed by atoms with Crippen molar-refractivity contribution in [2.45, 2.75) is 25.5 Å². The summed E-state index contributed by atoms with van der Waals surface area (Å²) in [5, 5.41) is 5.02. The van der Waals surface area contributed by atoms with Gasteiger partial charge in [0.25, 0.3) is 5.78 Å². The number of anilines is 1. The Morgan fingerprint density at radius 3 is 2.88 bits per heavy atom. The average molecular weight is 379 g/mol. The van der Waals surface area contributed by atoms with Gasteiger partial charge in [-0.3, -0.25) is 0 Å². The summed E-state index contributed by atoms with van der Waals surface area (Å²) in [7, 11) is 0. The molecule has 3 aromatic rings. The first-order valence-electron chi connectivity index (χ1n) is 8.02. The van der Waals surface area contributed by atoms with Crippen LogP contribution in [0.2, 0.25) is 10.3 Å². The molecule has 0 aromatic carbocycles. The molecule has 0 spiro atoms. The third-order valence-electron chi connectivity index (χ3n) is 4.23. The summed E-state index contributed by atoms with van der Waals surface area (Å²) < 4.78 is 7.68. The van der Waals surface area contributed by atoms with Crippen LogP contribution in [0.25, 0.3) is 5.78 Å². The van der Waals surface area contributed by atoms with Gasteiger partial charge in [-0.1, -0.05) is 23.2 Å². The van der Waals surface area contributed by atoms with Crippen LogP contribution in [0.1, 0.15) is 18.4 Å². The molecule has 0 N–H and O–H groups in total. The summed E-state index contributed by atoms with van der Waals surface area (Å²) in [6.45, 7) is 2.01. The largest absolute Gasteiger partial charge is 0.375 e. The molecule has 1 aliphatic rings. The van der Waals surface area contributed by atoms with E-state index in [0.29, 0.717) is 29.3 Å². The van der Waals surface area contributed by atoms with Crippen molar-refractivity contribution in [1.29, 1.82) is 0 Å². The predicted octanol–water partition coefficient (Wildman–Crippen LogP) is 3.01. The maximum atomic E-state index is 5.92. The first-order valence-corrected chi connectivity index (χ1v) is 8.77. The third kappa shape index (κ3) is 3.53. The molecule has 0 amide bonds. The van der Waals surface area contributed by atoms with Gasteiger partial charge in [0.15, 0.2) is 0 Å². The molecule has 3 aromatic heterocycles. The first-order chi connectivity index (χ1) is 12.2. The van der Waals surface area contributed by atoms with E-state index in [4.69, 9.17) is 27.9 Å². The monoisotopic (exact) mass is 378 g/mol. The normalized spacial score (nSPS) is 17.5. The van der Waals surface area contributed by atoms with Gasteiger partial charge in [-0.2, -0.15) is 14.6 Å². The molecule has 0 bridgehead atoms. The maximum Gasteiger partial charge on any atom is 0.254 e. The van der Waals surface area contributed by atoms with Crippen molar-refractivity contribution in [2.75, 3.05) is 18.1 Å². The van der Waals surface area contributed by atoms with E-state index in [2.05, 4.69) is 25.0 Å². The Hall–Kier alpha value is -1.96. The molecule has 1 saturated heterocycles. The van der Waals surface area contributed by atoms with Crippen molar-refractivity contribution < 1.29 is 4.74 Å². The Balaban J connectivity index is 1.44. The molecule has 4 rings (SSSR count). The number of fused-ring (bicyclic) bond motifs is 1. The number of hydrogen-bond donors (Lipinski definition) is 0. The van der Waals surface area contributed by atoms with Gasteiger partial charge in [-0.05, 0) is 36.6 Å². The van der Waals surface area contributed by atoms with Gasteiger partial charge >= 0.3 is 0 Å². The van der Waals surface area contributed by atoms with E-state index in [1.165, 1.54) is 6.33 Å². The Bertz CT molecular complexity index is 866. The Morgan fingerprint density at radius 2 is 2.04 bits per heavy atom. The average Bonchev–Trinajstić information content (AvgIpc) is 3.22. The van der Waals surface area contributed by atoms with Crippen LogP contribution in [0.15, 0.2) is 30.7 Å². The SMILES string of the molecule is Clc1cc(COC[C@H]2CCCN2c2ccnc3ncnn23)cc(Cl)n1. The van der Waals surface area contributed by atoms with Gasteiger partial charge in [0.2, 0.25) is 0 Å². The second-order valence-corrected chi connectivity index (χ2v) is 6.67. The molecule has 0 aliphatic carbocycles. The molecule has 7 nitrogen and oxygen atoms in total. The van der Waals surface area contributed by atoms with Gasteiger partial charge in [0.1, 0.15) is 22.5 Å². The summed E-state index contributed by atoms with van der Waals surface area (Å²) in [5.41, 5.74) is 0.914. The second-order valence-electron chi connectivity index (χ2n) is 5.90. The smallest absolute Gasteiger partial charge is 0.254 e. The third-order valence-corrected chi connectivity index (χ3v) is 4.62. The van der Waals surface area contributed by atoms with Gasteiger partial charge in [-0.25, -0.2) is 9.97 Å². The van der Waals surface area contributed by atoms with Crippen molar-refractivity contribution >= 4 is 34.8 Å². The minimum atomic E-state index is 0.280. The standard InChI is InChI=1S/C16H16Cl2N6O/c17-13-6-11(7-14(18)22-13)8-25-9-12-2-1-5-23(12)15-3-4-19-16-20-10-21-24(15)16/h3-4,6-7,10,12H,1-2,5,8-9H2/t12-/m1/s1. The first kappa shape index (κ1) is 16.5. The van der Waals surface area contributed by atoms with Crippen LogP contribution in [0.5, 0.6) is 0 Å². The van der Waals surface area contributed by atoms with E-state index in [-0.39, 0.29) is 6.04 Å². The second kappa shape index (κ2) is 7.11. The molecular weight excluding hydrogens is 363 g/mol. The molecule has 25 heavy (non-hydrogen) atoms. The number of pyridine rings is 1. The van der Waals surface area contributed by atoms with Gasteiger partial charge in [-0.15, -0.1) is 0 Å². The van der Waals surface area contributed by atoms with Crippen LogP contribution in [-0.4, -0.2) is 43.8 Å². The fraction of sp³-hybridized carbons (Fsp3) is 0.375. The van der Waals surface area contributed by atoms with Crippen LogP contribution in [0, 0.1) is 0 Å². The van der Waals surface area contributed by atoms with E-state index in [9.17, 15) is 0 Å². The molecule has 0 radical (unpaired) electrons. The van der Waals surface area contributed by atoms with Crippen LogP contribution >= 0.6 is 23.2 Å². The lowest BCUT2D eigenvalue weighted by atomic mass is 10.2.